The lowest BCUT2D eigenvalue weighted by Crippen LogP contribution is -2.33. The number of rotatable bonds is 4. The first-order valence-electron chi connectivity index (χ1n) is 8.74. The quantitative estimate of drug-likeness (QED) is 0.793. The topological polar surface area (TPSA) is 71.2 Å². The van der Waals surface area contributed by atoms with Crippen LogP contribution in [0.25, 0.3) is 0 Å². The van der Waals surface area contributed by atoms with E-state index >= 15 is 0 Å². The van der Waals surface area contributed by atoms with E-state index in [9.17, 15) is 18.0 Å². The Morgan fingerprint density at radius 2 is 2.00 bits per heavy atom. The van der Waals surface area contributed by atoms with Crippen LogP contribution in [-0.2, 0) is 13.1 Å². The number of benzene rings is 1. The molecule has 28 heavy (non-hydrogen) atoms. The van der Waals surface area contributed by atoms with E-state index in [2.05, 4.69) is 5.10 Å². The molecular weight excluding hydrogens is 373 g/mol. The summed E-state index contributed by atoms with van der Waals surface area (Å²) in [4.78, 5) is 14.5. The van der Waals surface area contributed by atoms with Crippen LogP contribution < -0.4 is 4.74 Å². The van der Waals surface area contributed by atoms with Crippen molar-refractivity contribution >= 4 is 5.91 Å². The molecular formula is C19H19F3N4O2. The van der Waals surface area contributed by atoms with Crippen molar-refractivity contribution in [2.24, 2.45) is 0 Å². The summed E-state index contributed by atoms with van der Waals surface area (Å²) in [5.41, 5.74) is 1.89. The second kappa shape index (κ2) is 7.19. The van der Waals surface area contributed by atoms with Gasteiger partial charge in [-0.1, -0.05) is 0 Å². The Balaban J connectivity index is 1.90. The highest BCUT2D eigenvalue weighted by Gasteiger charge is 2.39. The highest BCUT2D eigenvalue weighted by Crippen LogP contribution is 2.31. The molecule has 0 saturated heterocycles. The molecule has 0 fully saturated rings. The van der Waals surface area contributed by atoms with Gasteiger partial charge in [0.1, 0.15) is 5.75 Å². The molecule has 2 heterocycles. The Hall–Kier alpha value is -3.02. The number of nitrogens with zero attached hydrogens (tertiary/aromatic N) is 4. The van der Waals surface area contributed by atoms with Gasteiger partial charge in [-0.25, -0.2) is 0 Å². The molecule has 148 valence electrons. The van der Waals surface area contributed by atoms with Crippen LogP contribution >= 0.6 is 0 Å². The lowest BCUT2D eigenvalue weighted by molar-refractivity contribution is -0.189. The van der Waals surface area contributed by atoms with E-state index in [1.807, 2.05) is 24.6 Å². The summed E-state index contributed by atoms with van der Waals surface area (Å²) in [6.45, 7) is 5.40. The molecule has 1 amide bonds. The molecule has 1 atom stereocenters. The summed E-state index contributed by atoms with van der Waals surface area (Å²) in [6.07, 6.45) is -4.96. The number of hydrogen-bond donors (Lipinski definition) is 0. The largest absolute Gasteiger partial charge is 0.480 e. The zero-order chi connectivity index (χ0) is 20.6. The molecule has 1 aliphatic heterocycles. The number of fused-ring (bicyclic) bond motifs is 1. The third-order valence-electron chi connectivity index (χ3n) is 4.57. The first-order valence-corrected chi connectivity index (χ1v) is 8.74. The smallest absolute Gasteiger partial charge is 0.425 e. The fraction of sp³-hybridized carbons (Fsp3) is 0.421. The average Bonchev–Trinajstić information content (AvgIpc) is 3.20. The minimum Gasteiger partial charge on any atom is -0.480 e. The fourth-order valence-corrected chi connectivity index (χ4v) is 3.06. The van der Waals surface area contributed by atoms with Crippen LogP contribution in [0.2, 0.25) is 0 Å². The molecule has 1 aromatic carbocycles. The number of amides is 1. The molecule has 0 unspecified atom stereocenters. The first kappa shape index (κ1) is 19.7. The third-order valence-corrected chi connectivity index (χ3v) is 4.57. The molecule has 0 bridgehead atoms. The Morgan fingerprint density at radius 3 is 2.61 bits per heavy atom. The zero-order valence-corrected chi connectivity index (χ0v) is 15.6. The number of ether oxygens (including phenoxy) is 1. The van der Waals surface area contributed by atoms with Crippen LogP contribution in [0.3, 0.4) is 0 Å². The zero-order valence-electron chi connectivity index (χ0n) is 15.6. The highest BCUT2D eigenvalue weighted by molar-refractivity contribution is 5.97. The number of aromatic nitrogens is 2. The molecule has 1 aliphatic rings. The summed E-state index contributed by atoms with van der Waals surface area (Å²) in [5.74, 6) is -0.691. The number of nitriles is 1. The second-order valence-electron chi connectivity index (χ2n) is 6.94. The van der Waals surface area contributed by atoms with E-state index in [4.69, 9.17) is 10.00 Å². The predicted octanol–water partition coefficient (Wildman–Crippen LogP) is 3.82. The van der Waals surface area contributed by atoms with Crippen molar-refractivity contribution in [2.45, 2.75) is 52.2 Å². The molecule has 0 spiro atoms. The SMILES string of the molecule is CC(C)n1ncc2c1CN(C(=O)c1cc(C#N)ccc1O[C@@H](C)C(F)(F)F)C2. The van der Waals surface area contributed by atoms with Gasteiger partial charge in [0.05, 0.1) is 35.6 Å². The number of carbonyl (C=O) groups is 1. The Bertz CT molecular complexity index is 944. The van der Waals surface area contributed by atoms with Crippen LogP contribution in [0.15, 0.2) is 24.4 Å². The molecule has 3 rings (SSSR count). The van der Waals surface area contributed by atoms with Crippen molar-refractivity contribution in [3.05, 3.63) is 46.8 Å². The maximum absolute atomic E-state index is 13.0. The third kappa shape index (κ3) is 3.67. The molecule has 0 radical (unpaired) electrons. The van der Waals surface area contributed by atoms with Crippen molar-refractivity contribution in [3.63, 3.8) is 0 Å². The summed E-state index contributed by atoms with van der Waals surface area (Å²) < 4.78 is 45.5. The molecule has 6 nitrogen and oxygen atoms in total. The van der Waals surface area contributed by atoms with Crippen molar-refractivity contribution in [3.8, 4) is 11.8 Å². The predicted molar refractivity (Wildman–Crippen MR) is 93.5 cm³/mol. The van der Waals surface area contributed by atoms with Gasteiger partial charge in [0, 0.05) is 18.2 Å². The van der Waals surface area contributed by atoms with E-state index in [1.54, 1.807) is 6.20 Å². The maximum atomic E-state index is 13.0. The normalized spacial score (nSPS) is 14.7. The van der Waals surface area contributed by atoms with Gasteiger partial charge in [0.25, 0.3) is 5.91 Å². The highest BCUT2D eigenvalue weighted by atomic mass is 19.4. The van der Waals surface area contributed by atoms with Crippen molar-refractivity contribution in [2.75, 3.05) is 0 Å². The van der Waals surface area contributed by atoms with Gasteiger partial charge in [0.2, 0.25) is 0 Å². The average molecular weight is 392 g/mol. The summed E-state index contributed by atoms with van der Waals surface area (Å²) in [7, 11) is 0. The fourth-order valence-electron chi connectivity index (χ4n) is 3.06. The van der Waals surface area contributed by atoms with Crippen molar-refractivity contribution in [1.29, 1.82) is 5.26 Å². The molecule has 0 aliphatic carbocycles. The first-order chi connectivity index (χ1) is 13.1. The van der Waals surface area contributed by atoms with Crippen molar-refractivity contribution in [1.82, 2.24) is 14.7 Å². The van der Waals surface area contributed by atoms with E-state index in [1.165, 1.54) is 23.1 Å². The van der Waals surface area contributed by atoms with Gasteiger partial charge in [-0.15, -0.1) is 0 Å². The van der Waals surface area contributed by atoms with E-state index < -0.39 is 18.2 Å². The summed E-state index contributed by atoms with van der Waals surface area (Å²) in [6, 6.07) is 5.83. The summed E-state index contributed by atoms with van der Waals surface area (Å²) in [5, 5.41) is 13.4. The monoisotopic (exact) mass is 392 g/mol. The van der Waals surface area contributed by atoms with Gasteiger partial charge < -0.3 is 9.64 Å². The molecule has 2 aromatic rings. The summed E-state index contributed by atoms with van der Waals surface area (Å²) >= 11 is 0. The Kier molecular flexibility index (Phi) is 5.06. The van der Waals surface area contributed by atoms with Crippen LogP contribution in [0.5, 0.6) is 5.75 Å². The minimum absolute atomic E-state index is 0.0654. The Labute approximate surface area is 160 Å². The molecule has 9 heteroatoms. The van der Waals surface area contributed by atoms with Crippen LogP contribution in [0, 0.1) is 11.3 Å². The lowest BCUT2D eigenvalue weighted by Gasteiger charge is -2.22. The number of alkyl halides is 3. The molecule has 0 N–H and O–H groups in total. The molecule has 0 saturated carbocycles. The molecule has 1 aromatic heterocycles. The van der Waals surface area contributed by atoms with E-state index in [0.717, 1.165) is 18.2 Å². The maximum Gasteiger partial charge on any atom is 0.425 e. The number of halogens is 3. The van der Waals surface area contributed by atoms with Gasteiger partial charge >= 0.3 is 6.18 Å². The lowest BCUT2D eigenvalue weighted by atomic mass is 10.1. The van der Waals surface area contributed by atoms with Crippen molar-refractivity contribution < 1.29 is 22.7 Å². The Morgan fingerprint density at radius 1 is 1.29 bits per heavy atom. The van der Waals surface area contributed by atoms with Crippen LogP contribution in [-0.4, -0.2) is 32.9 Å². The second-order valence-corrected chi connectivity index (χ2v) is 6.94. The van der Waals surface area contributed by atoms with Crippen LogP contribution in [0.4, 0.5) is 13.2 Å². The van der Waals surface area contributed by atoms with E-state index in [0.29, 0.717) is 6.54 Å². The number of hydrogen-bond acceptors (Lipinski definition) is 4. The van der Waals surface area contributed by atoms with Gasteiger partial charge in [0.15, 0.2) is 6.10 Å². The minimum atomic E-state index is -4.57. The number of carbonyl (C=O) groups excluding carboxylic acids is 1. The van der Waals surface area contributed by atoms with Gasteiger partial charge in [-0.2, -0.15) is 23.5 Å². The van der Waals surface area contributed by atoms with Gasteiger partial charge in [-0.3, -0.25) is 9.48 Å². The van der Waals surface area contributed by atoms with Gasteiger partial charge in [-0.05, 0) is 39.0 Å². The standard InChI is InChI=1S/C19H19F3N4O2/c1-11(2)26-16-10-25(9-14(16)8-24-26)18(27)15-6-13(7-23)4-5-17(15)28-12(3)19(20,21)22/h4-6,8,11-12H,9-10H2,1-3H3/t12-/m0/s1. The van der Waals surface area contributed by atoms with Crippen LogP contribution in [0.1, 0.15) is 54.0 Å². The van der Waals surface area contributed by atoms with E-state index in [-0.39, 0.29) is 29.5 Å².